The lowest BCUT2D eigenvalue weighted by Crippen LogP contribution is -2.53. The van der Waals surface area contributed by atoms with Gasteiger partial charge < -0.3 is 25.6 Å². The number of rotatable bonds is 7. The van der Waals surface area contributed by atoms with Gasteiger partial charge in [0.1, 0.15) is 12.3 Å². The Bertz CT molecular complexity index is 1130. The Morgan fingerprint density at radius 3 is 2.86 bits per heavy atom. The first-order valence-corrected chi connectivity index (χ1v) is 13.0. The van der Waals surface area contributed by atoms with Crippen LogP contribution in [0.5, 0.6) is 0 Å². The van der Waals surface area contributed by atoms with Crippen LogP contribution in [-0.2, 0) is 29.0 Å². The van der Waals surface area contributed by atoms with Crippen molar-refractivity contribution in [3.8, 4) is 0 Å². The van der Waals surface area contributed by atoms with Crippen molar-refractivity contribution >= 4 is 35.1 Å². The molecule has 1 aromatic heterocycles. The summed E-state index contributed by atoms with van der Waals surface area (Å²) in [5, 5.41) is 10.1. The number of aryl methyl sites for hydroxylation is 1. The molecule has 0 radical (unpaired) electrons. The number of anilines is 1. The maximum atomic E-state index is 13.2. The molecule has 0 spiro atoms. The van der Waals surface area contributed by atoms with Gasteiger partial charge in [0, 0.05) is 62.6 Å². The van der Waals surface area contributed by atoms with Gasteiger partial charge in [-0.15, -0.1) is 11.3 Å². The van der Waals surface area contributed by atoms with E-state index in [0.717, 1.165) is 47.6 Å². The molecule has 2 aromatic rings. The summed E-state index contributed by atoms with van der Waals surface area (Å²) in [5.41, 5.74) is 4.33. The minimum Gasteiger partial charge on any atom is -0.373 e. The van der Waals surface area contributed by atoms with Crippen molar-refractivity contribution in [3.05, 3.63) is 44.9 Å². The molecule has 3 atom stereocenters. The number of likely N-dealkylation sites (N-methyl/N-ethyl adjacent to an activating group) is 1. The van der Waals surface area contributed by atoms with Crippen LogP contribution in [0.15, 0.2) is 18.2 Å². The second-order valence-corrected chi connectivity index (χ2v) is 10.9. The van der Waals surface area contributed by atoms with Crippen LogP contribution < -0.4 is 16.0 Å². The summed E-state index contributed by atoms with van der Waals surface area (Å²) in [6.45, 7) is 5.58. The molecule has 0 aliphatic carbocycles. The molecule has 3 aliphatic rings. The van der Waals surface area contributed by atoms with Gasteiger partial charge in [-0.05, 0) is 25.6 Å². The van der Waals surface area contributed by atoms with Crippen LogP contribution in [0.1, 0.15) is 37.9 Å². The van der Waals surface area contributed by atoms with Crippen LogP contribution >= 0.6 is 11.3 Å². The van der Waals surface area contributed by atoms with Gasteiger partial charge in [0.2, 0.25) is 5.91 Å². The summed E-state index contributed by atoms with van der Waals surface area (Å²) in [5.74, 6) is -0.275. The Labute approximate surface area is 209 Å². The number of thiazole rings is 1. The predicted octanol–water partition coefficient (Wildman–Crippen LogP) is 0.964. The second-order valence-electron chi connectivity index (χ2n) is 9.85. The van der Waals surface area contributed by atoms with E-state index in [2.05, 4.69) is 43.8 Å². The number of fused-ring (bicyclic) bond motifs is 2. The first-order valence-electron chi connectivity index (χ1n) is 12.2. The highest BCUT2D eigenvalue weighted by molar-refractivity contribution is 7.13. The molecule has 5 rings (SSSR count). The maximum absolute atomic E-state index is 13.2. The van der Waals surface area contributed by atoms with E-state index in [9.17, 15) is 14.4 Å². The maximum Gasteiger partial charge on any atom is 0.280 e. The molecule has 35 heavy (non-hydrogen) atoms. The number of aromatic nitrogens is 1. The molecule has 2 amide bonds. The molecule has 4 heterocycles. The van der Waals surface area contributed by atoms with Gasteiger partial charge in [0.25, 0.3) is 5.91 Å². The highest BCUT2D eigenvalue weighted by Gasteiger charge is 2.37. The van der Waals surface area contributed by atoms with Crippen molar-refractivity contribution in [1.82, 2.24) is 25.4 Å². The fourth-order valence-electron chi connectivity index (χ4n) is 5.18. The van der Waals surface area contributed by atoms with E-state index < -0.39 is 0 Å². The third kappa shape index (κ3) is 5.24. The molecule has 1 aromatic carbocycles. The molecule has 1 unspecified atom stereocenters. The van der Waals surface area contributed by atoms with Crippen molar-refractivity contribution in [3.63, 3.8) is 0 Å². The Balaban J connectivity index is 1.25. The van der Waals surface area contributed by atoms with Crippen molar-refractivity contribution in [2.45, 2.75) is 50.9 Å². The Morgan fingerprint density at radius 2 is 2.06 bits per heavy atom. The Kier molecular flexibility index (Phi) is 6.86. The topological polar surface area (TPSA) is 107 Å². The molecule has 1 saturated heterocycles. The molecule has 0 bridgehead atoms. The van der Waals surface area contributed by atoms with E-state index in [4.69, 9.17) is 0 Å². The average Bonchev–Trinajstić information content (AvgIpc) is 3.54. The van der Waals surface area contributed by atoms with Gasteiger partial charge in [0.15, 0.2) is 5.01 Å². The summed E-state index contributed by atoms with van der Waals surface area (Å²) in [6.07, 6.45) is 2.82. The molecule has 10 heteroatoms. The summed E-state index contributed by atoms with van der Waals surface area (Å²) >= 11 is 1.45. The zero-order chi connectivity index (χ0) is 24.5. The molecule has 0 saturated carbocycles. The normalized spacial score (nSPS) is 23.9. The quantitative estimate of drug-likeness (QED) is 0.491. The lowest BCUT2D eigenvalue weighted by atomic mass is 10.1. The summed E-state index contributed by atoms with van der Waals surface area (Å²) < 4.78 is 0. The highest BCUT2D eigenvalue weighted by atomic mass is 32.1. The lowest BCUT2D eigenvalue weighted by molar-refractivity contribution is -0.122. The van der Waals surface area contributed by atoms with Gasteiger partial charge in [-0.2, -0.15) is 0 Å². The van der Waals surface area contributed by atoms with Crippen LogP contribution in [0.25, 0.3) is 0 Å². The Morgan fingerprint density at radius 1 is 1.26 bits per heavy atom. The molecule has 3 N–H and O–H groups in total. The van der Waals surface area contributed by atoms with Gasteiger partial charge in [-0.1, -0.05) is 17.7 Å². The lowest BCUT2D eigenvalue weighted by Gasteiger charge is -2.22. The van der Waals surface area contributed by atoms with Crippen molar-refractivity contribution < 1.29 is 14.4 Å². The summed E-state index contributed by atoms with van der Waals surface area (Å²) in [6, 6.07) is 5.33. The number of carbonyl (C=O) groups excluding carboxylic acids is 3. The van der Waals surface area contributed by atoms with E-state index in [1.807, 2.05) is 19.1 Å². The van der Waals surface area contributed by atoms with E-state index in [-0.39, 0.29) is 29.9 Å². The number of benzene rings is 1. The molecular formula is C25H32N6O3S. The Hall–Kier alpha value is -2.82. The third-order valence-electron chi connectivity index (χ3n) is 7.05. The number of nitrogens with zero attached hydrogens (tertiary/aromatic N) is 3. The number of carbonyl (C=O) groups is 3. The van der Waals surface area contributed by atoms with Gasteiger partial charge in [0.05, 0.1) is 17.8 Å². The van der Waals surface area contributed by atoms with E-state index in [1.54, 1.807) is 0 Å². The van der Waals surface area contributed by atoms with Crippen LogP contribution in [-0.4, -0.2) is 84.2 Å². The average molecular weight is 497 g/mol. The third-order valence-corrected chi connectivity index (χ3v) is 8.13. The molecule has 9 nitrogen and oxygen atoms in total. The van der Waals surface area contributed by atoms with E-state index in [1.165, 1.54) is 16.9 Å². The smallest absolute Gasteiger partial charge is 0.280 e. The molecule has 1 fully saturated rings. The van der Waals surface area contributed by atoms with Crippen molar-refractivity contribution in [2.24, 2.45) is 0 Å². The van der Waals surface area contributed by atoms with Crippen LogP contribution in [0, 0.1) is 6.92 Å². The first-order chi connectivity index (χ1) is 16.9. The minimum absolute atomic E-state index is 0.0758. The molecule has 3 aliphatic heterocycles. The van der Waals surface area contributed by atoms with Crippen molar-refractivity contribution in [2.75, 3.05) is 38.5 Å². The standard InChI is InChI=1S/C25H32N6O3S/c1-15-4-5-17-16(10-15)11-19(26-17)23(33)27-20-12-31(7-3-9-32)13-21(20)28-24(34)25-29-18-6-8-30(2)14-22(18)35-25/h4-5,9-10,19-21,26H,3,6-8,11-14H2,1-2H3,(H,27,33)(H,28,34)/t19?,20-,21-/m1/s1. The monoisotopic (exact) mass is 496 g/mol. The SMILES string of the molecule is Cc1ccc2c(c1)CC(C(=O)N[C@@H]1CN(CCC=O)C[C@H]1NC(=O)c1nc3c(s1)CN(C)CC3)N2. The van der Waals surface area contributed by atoms with Gasteiger partial charge >= 0.3 is 0 Å². The van der Waals surface area contributed by atoms with Crippen LogP contribution in [0.4, 0.5) is 5.69 Å². The minimum atomic E-state index is -0.338. The zero-order valence-corrected chi connectivity index (χ0v) is 21.0. The number of likely N-dealkylation sites (tertiary alicyclic amines) is 1. The van der Waals surface area contributed by atoms with Crippen LogP contribution in [0.3, 0.4) is 0 Å². The zero-order valence-electron chi connectivity index (χ0n) is 20.2. The van der Waals surface area contributed by atoms with E-state index in [0.29, 0.717) is 37.5 Å². The second kappa shape index (κ2) is 10.0. The highest BCUT2D eigenvalue weighted by Crippen LogP contribution is 2.27. The largest absolute Gasteiger partial charge is 0.373 e. The molecule has 186 valence electrons. The summed E-state index contributed by atoms with van der Waals surface area (Å²) in [7, 11) is 2.07. The van der Waals surface area contributed by atoms with Crippen molar-refractivity contribution in [1.29, 1.82) is 0 Å². The fraction of sp³-hybridized carbons (Fsp3) is 0.520. The first kappa shape index (κ1) is 23.9. The van der Waals surface area contributed by atoms with Gasteiger partial charge in [-0.3, -0.25) is 14.5 Å². The predicted molar refractivity (Wildman–Crippen MR) is 135 cm³/mol. The van der Waals surface area contributed by atoms with E-state index >= 15 is 0 Å². The van der Waals surface area contributed by atoms with Gasteiger partial charge in [-0.25, -0.2) is 4.98 Å². The number of amides is 2. The molecular weight excluding hydrogens is 464 g/mol. The number of aldehydes is 1. The number of nitrogens with one attached hydrogen (secondary N) is 3. The van der Waals surface area contributed by atoms with Crippen LogP contribution in [0.2, 0.25) is 0 Å². The summed E-state index contributed by atoms with van der Waals surface area (Å²) in [4.78, 5) is 47.3. The number of hydrogen-bond acceptors (Lipinski definition) is 8. The fourth-order valence-corrected chi connectivity index (χ4v) is 6.27. The number of hydrogen-bond donors (Lipinski definition) is 3.